The van der Waals surface area contributed by atoms with Crippen molar-refractivity contribution in [1.82, 2.24) is 14.1 Å². The van der Waals surface area contributed by atoms with Crippen LogP contribution in [0.5, 0.6) is 11.5 Å². The van der Waals surface area contributed by atoms with Crippen LogP contribution in [-0.4, -0.2) is 14.1 Å². The molecular formula is C64H46N4O. The predicted octanol–water partition coefficient (Wildman–Crippen LogP) is 15.9. The van der Waals surface area contributed by atoms with Gasteiger partial charge in [0.2, 0.25) is 0 Å². The minimum absolute atomic E-state index is 0.0624. The Labute approximate surface area is 408 Å². The van der Waals surface area contributed by atoms with E-state index in [1.165, 1.54) is 5.56 Å². The molecule has 3 aromatic heterocycles. The van der Waals surface area contributed by atoms with Gasteiger partial charge in [0.15, 0.2) is 0 Å². The molecule has 1 aliphatic rings. The number of pyridine rings is 1. The minimum Gasteiger partial charge on any atom is -0.458 e. The lowest BCUT2D eigenvalue weighted by molar-refractivity contribution is -0.570. The summed E-state index contributed by atoms with van der Waals surface area (Å²) in [6.45, 7) is 6.63. The first-order valence-corrected chi connectivity index (χ1v) is 23.2. The number of para-hydroxylation sites is 3. The van der Waals surface area contributed by atoms with E-state index < -0.39 is 18.1 Å². The molecule has 0 fully saturated rings. The molecule has 0 amide bonds. The van der Waals surface area contributed by atoms with Crippen molar-refractivity contribution in [2.45, 2.75) is 26.2 Å². The van der Waals surface area contributed by atoms with Crippen LogP contribution in [0.15, 0.2) is 224 Å². The van der Waals surface area contributed by atoms with Crippen LogP contribution < -0.4 is 9.30 Å². The monoisotopic (exact) mass is 891 g/mol. The van der Waals surface area contributed by atoms with Gasteiger partial charge in [-0.3, -0.25) is 13.7 Å². The zero-order valence-electron chi connectivity index (χ0n) is 43.2. The topological polar surface area (TPSA) is 35.9 Å². The molecule has 328 valence electrons. The fourth-order valence-corrected chi connectivity index (χ4v) is 10.3. The van der Waals surface area contributed by atoms with Gasteiger partial charge in [-0.15, -0.1) is 0 Å². The maximum atomic E-state index is 9.32. The molecule has 0 radical (unpaired) electrons. The van der Waals surface area contributed by atoms with Gasteiger partial charge in [0.25, 0.3) is 6.33 Å². The van der Waals surface area contributed by atoms with Gasteiger partial charge >= 0.3 is 0 Å². The number of nitrogens with zero attached hydrogens (tertiary/aromatic N) is 4. The Hall–Kier alpha value is -8.80. The number of rotatable bonds is 6. The summed E-state index contributed by atoms with van der Waals surface area (Å²) >= 11 is 0. The number of hydrogen-bond acceptors (Lipinski definition) is 2. The maximum absolute atomic E-state index is 9.32. The third-order valence-electron chi connectivity index (χ3n) is 13.4. The summed E-state index contributed by atoms with van der Waals surface area (Å²) in [5.74, 6) is 2.11. The van der Waals surface area contributed by atoms with Crippen LogP contribution in [0, 0.1) is 6.33 Å². The van der Waals surface area contributed by atoms with Crippen LogP contribution in [0.1, 0.15) is 33.2 Å². The molecule has 5 heteroatoms. The minimum atomic E-state index is -0.446. The van der Waals surface area contributed by atoms with E-state index >= 15 is 0 Å². The molecule has 0 unspecified atom stereocenters. The Bertz CT molecular complexity index is 4260. The normalized spacial score (nSPS) is 13.0. The van der Waals surface area contributed by atoms with Crippen LogP contribution in [-0.2, 0) is 5.41 Å². The molecule has 4 heterocycles. The third kappa shape index (κ3) is 6.69. The highest BCUT2D eigenvalue weighted by Crippen LogP contribution is 2.48. The first kappa shape index (κ1) is 35.4. The van der Waals surface area contributed by atoms with Crippen LogP contribution in [0.2, 0.25) is 0 Å². The van der Waals surface area contributed by atoms with Gasteiger partial charge < -0.3 is 4.74 Å². The van der Waals surface area contributed by atoms with E-state index in [0.717, 1.165) is 88.9 Å². The second kappa shape index (κ2) is 15.9. The maximum Gasteiger partial charge on any atom is 0.269 e. The molecule has 0 spiro atoms. The second-order valence-electron chi connectivity index (χ2n) is 18.6. The molecule has 5 nitrogen and oxygen atoms in total. The van der Waals surface area contributed by atoms with Gasteiger partial charge in [0.05, 0.1) is 40.3 Å². The summed E-state index contributed by atoms with van der Waals surface area (Å²) in [5, 5.41) is 2.22. The third-order valence-corrected chi connectivity index (χ3v) is 13.4. The molecule has 0 saturated heterocycles. The lowest BCUT2D eigenvalue weighted by Gasteiger charge is -2.21. The summed E-state index contributed by atoms with van der Waals surface area (Å²) in [7, 11) is 0. The summed E-state index contributed by atoms with van der Waals surface area (Å²) < 4.78 is 57.9. The molecule has 13 rings (SSSR count). The van der Waals surface area contributed by atoms with Crippen molar-refractivity contribution in [3.8, 4) is 84.3 Å². The molecule has 69 heavy (non-hydrogen) atoms. The molecule has 0 aliphatic carbocycles. The smallest absolute Gasteiger partial charge is 0.269 e. The zero-order chi connectivity index (χ0) is 50.6. The second-order valence-corrected chi connectivity index (χ2v) is 18.6. The first-order chi connectivity index (χ1) is 35.9. The highest BCUT2D eigenvalue weighted by molar-refractivity contribution is 6.10. The summed E-state index contributed by atoms with van der Waals surface area (Å²) in [5.41, 5.74) is 14.6. The fourth-order valence-electron chi connectivity index (χ4n) is 10.3. The number of benzene rings is 9. The van der Waals surface area contributed by atoms with Gasteiger partial charge in [-0.05, 0) is 115 Å². The van der Waals surface area contributed by atoms with Crippen molar-refractivity contribution >= 4 is 32.8 Å². The summed E-state index contributed by atoms with van der Waals surface area (Å²) in [6, 6.07) is 62.3. The molecular weight excluding hydrogens is 841 g/mol. The summed E-state index contributed by atoms with van der Waals surface area (Å²) in [6.07, 6.45) is 5.67. The number of hydrogen-bond donors (Lipinski definition) is 0. The van der Waals surface area contributed by atoms with Crippen LogP contribution in [0.3, 0.4) is 0 Å². The zero-order valence-corrected chi connectivity index (χ0v) is 38.2. The van der Waals surface area contributed by atoms with Gasteiger partial charge in [0.1, 0.15) is 17.3 Å². The molecule has 0 atom stereocenters. The number of ether oxygens (including phenoxy) is 1. The van der Waals surface area contributed by atoms with Gasteiger partial charge in [-0.25, -0.2) is 4.98 Å². The molecule has 12 aromatic rings. The number of fused-ring (bicyclic) bond motifs is 10. The Morgan fingerprint density at radius 1 is 0.522 bits per heavy atom. The van der Waals surface area contributed by atoms with E-state index in [1.807, 2.05) is 76.0 Å². The van der Waals surface area contributed by atoms with E-state index in [2.05, 4.69) is 159 Å². The van der Waals surface area contributed by atoms with Gasteiger partial charge in [-0.2, -0.15) is 0 Å². The number of aromatic nitrogens is 4. The van der Waals surface area contributed by atoms with Crippen molar-refractivity contribution in [3.63, 3.8) is 0 Å². The molecule has 0 saturated carbocycles. The molecule has 1 aliphatic heterocycles. The largest absolute Gasteiger partial charge is 0.458 e. The lowest BCUT2D eigenvalue weighted by Crippen LogP contribution is -2.32. The molecule has 0 bridgehead atoms. The number of imidazole rings is 1. The van der Waals surface area contributed by atoms with E-state index in [9.17, 15) is 2.74 Å². The quantitative estimate of drug-likeness (QED) is 0.123. The Kier molecular flexibility index (Phi) is 8.17. The first-order valence-electron chi connectivity index (χ1n) is 25.7. The van der Waals surface area contributed by atoms with Crippen LogP contribution in [0.25, 0.3) is 106 Å². The predicted molar refractivity (Wildman–Crippen MR) is 282 cm³/mol. The Morgan fingerprint density at radius 2 is 1.19 bits per heavy atom. The van der Waals surface area contributed by atoms with E-state index in [-0.39, 0.29) is 23.1 Å². The van der Waals surface area contributed by atoms with Crippen molar-refractivity contribution in [2.75, 3.05) is 0 Å². The van der Waals surface area contributed by atoms with Crippen LogP contribution in [0.4, 0.5) is 0 Å². The van der Waals surface area contributed by atoms with E-state index in [0.29, 0.717) is 22.7 Å². The fraction of sp³-hybridized carbons (Fsp3) is 0.0625. The average molecular weight is 892 g/mol. The summed E-state index contributed by atoms with van der Waals surface area (Å²) in [4.78, 5) is 4.88. The van der Waals surface area contributed by atoms with Crippen LogP contribution >= 0.6 is 0 Å². The van der Waals surface area contributed by atoms with Gasteiger partial charge in [0, 0.05) is 23.0 Å². The van der Waals surface area contributed by atoms with Gasteiger partial charge in [-0.1, -0.05) is 184 Å². The van der Waals surface area contributed by atoms with Crippen molar-refractivity contribution < 1.29 is 16.2 Å². The Morgan fingerprint density at radius 3 is 2.04 bits per heavy atom. The highest BCUT2D eigenvalue weighted by atomic mass is 16.5. The average Bonchev–Trinajstić information content (AvgIpc) is 3.98. The molecule has 0 N–H and O–H groups in total. The van der Waals surface area contributed by atoms with Crippen molar-refractivity contribution in [2.24, 2.45) is 0 Å². The lowest BCUT2D eigenvalue weighted by atomic mass is 9.84. The standard InChI is InChI=1S/C64H46N4O/c1-64(2,3)44-36-37-65-60(38-44)68-57-32-13-12-25-51(57)52-35-34-47(40-59(52)68)69-46-23-14-22-45(39-46)66-41-67-62-49(43-20-8-5-9-21-43)28-16-30-56(62)54-29-15-27-48(42-18-6-4-7-19-42)61(54)53-26-11-10-24-50(53)55-31-17-33-58(66)63(55)67/h4-40H,1-3H3/i5D,8D,9D,20D,21D. The SMILES string of the molecule is [2H]c1c([2H])c([2H])c(-c2cccc3c2-[n+]2[c-]n(-c4cccc(Oc5ccc6c7ccccc7n(-c7cc(C(C)(C)C)ccn7)c6c5)c4)c4cccc(c42)-c2ccccc2-c2c(-c4ccccc4)cccc2-3)c([2H])c1[2H]. The Balaban J connectivity index is 1.03. The van der Waals surface area contributed by atoms with E-state index in [4.69, 9.17) is 13.8 Å². The van der Waals surface area contributed by atoms with Crippen molar-refractivity contribution in [3.05, 3.63) is 236 Å². The highest BCUT2D eigenvalue weighted by Gasteiger charge is 2.28. The van der Waals surface area contributed by atoms with Crippen molar-refractivity contribution in [1.29, 1.82) is 0 Å². The van der Waals surface area contributed by atoms with E-state index in [1.54, 1.807) is 0 Å². The molecule has 9 aromatic carbocycles.